The molecule has 100 valence electrons. The van der Waals surface area contributed by atoms with Crippen molar-refractivity contribution in [3.8, 4) is 0 Å². The van der Waals surface area contributed by atoms with Crippen LogP contribution in [0.25, 0.3) is 0 Å². The zero-order valence-corrected chi connectivity index (χ0v) is 11.2. The van der Waals surface area contributed by atoms with E-state index in [1.807, 2.05) is 25.1 Å². The Labute approximate surface area is 110 Å². The van der Waals surface area contributed by atoms with Crippen LogP contribution in [0.15, 0.2) is 30.3 Å². The van der Waals surface area contributed by atoms with E-state index in [9.17, 15) is 4.79 Å². The van der Waals surface area contributed by atoms with Gasteiger partial charge in [0.15, 0.2) is 0 Å². The lowest BCUT2D eigenvalue weighted by Crippen LogP contribution is -2.30. The van der Waals surface area contributed by atoms with Crippen molar-refractivity contribution in [1.82, 2.24) is 5.32 Å². The van der Waals surface area contributed by atoms with Gasteiger partial charge in [0.2, 0.25) is 0 Å². The molecule has 1 aromatic carbocycles. The van der Waals surface area contributed by atoms with Gasteiger partial charge >= 0.3 is 0 Å². The van der Waals surface area contributed by atoms with Crippen LogP contribution in [0, 0.1) is 0 Å². The van der Waals surface area contributed by atoms with E-state index in [-0.39, 0.29) is 0 Å². The number of ether oxygens (including phenoxy) is 1. The molecule has 0 spiro atoms. The normalized spacial score (nSPS) is 14.5. The molecular formula is C15H23NO2. The molecule has 1 saturated heterocycles. The molecule has 1 fully saturated rings. The minimum atomic E-state index is 0.346. The molecule has 0 atom stereocenters. The third-order valence-corrected chi connectivity index (χ3v) is 2.78. The van der Waals surface area contributed by atoms with E-state index < -0.39 is 0 Å². The van der Waals surface area contributed by atoms with Crippen LogP contribution in [-0.2, 0) is 16.0 Å². The molecule has 0 saturated carbocycles. The van der Waals surface area contributed by atoms with Crippen molar-refractivity contribution in [2.24, 2.45) is 0 Å². The van der Waals surface area contributed by atoms with E-state index >= 15 is 0 Å². The van der Waals surface area contributed by atoms with Crippen molar-refractivity contribution in [3.63, 3.8) is 0 Å². The van der Waals surface area contributed by atoms with Crippen LogP contribution in [0.4, 0.5) is 0 Å². The van der Waals surface area contributed by atoms with E-state index in [1.165, 1.54) is 5.56 Å². The van der Waals surface area contributed by atoms with Gasteiger partial charge in [-0.3, -0.25) is 4.79 Å². The minimum absolute atomic E-state index is 0.346. The van der Waals surface area contributed by atoms with Crippen molar-refractivity contribution in [2.45, 2.75) is 26.2 Å². The summed E-state index contributed by atoms with van der Waals surface area (Å²) in [6.07, 6.45) is 2.22. The van der Waals surface area contributed by atoms with Crippen LogP contribution in [0.1, 0.15) is 25.3 Å². The number of rotatable bonds is 4. The predicted molar refractivity (Wildman–Crippen MR) is 73.7 cm³/mol. The van der Waals surface area contributed by atoms with Gasteiger partial charge < -0.3 is 10.1 Å². The first-order valence-corrected chi connectivity index (χ1v) is 6.67. The van der Waals surface area contributed by atoms with E-state index in [0.29, 0.717) is 18.6 Å². The lowest BCUT2D eigenvalue weighted by Gasteiger charge is -2.10. The van der Waals surface area contributed by atoms with Crippen molar-refractivity contribution in [1.29, 1.82) is 0 Å². The number of Topliss-reactive ketones (excluding diaryl/α,β-unsaturated/α-hetero) is 1. The Morgan fingerprint density at radius 2 is 1.89 bits per heavy atom. The van der Waals surface area contributed by atoms with E-state index in [1.54, 1.807) is 0 Å². The first-order chi connectivity index (χ1) is 8.83. The Balaban J connectivity index is 0.000000225. The summed E-state index contributed by atoms with van der Waals surface area (Å²) in [5.41, 5.74) is 1.25. The topological polar surface area (TPSA) is 38.3 Å². The fourth-order valence-corrected chi connectivity index (χ4v) is 1.62. The summed E-state index contributed by atoms with van der Waals surface area (Å²) in [7, 11) is 0. The Kier molecular flexibility index (Phi) is 8.10. The summed E-state index contributed by atoms with van der Waals surface area (Å²) >= 11 is 0. The summed E-state index contributed by atoms with van der Waals surface area (Å²) in [5.74, 6) is 0.346. The SMILES string of the molecule is C1COCCN1.CCC(=O)CCc1ccccc1. The summed E-state index contributed by atoms with van der Waals surface area (Å²) in [6, 6.07) is 10.1. The largest absolute Gasteiger partial charge is 0.379 e. The maximum absolute atomic E-state index is 11.0. The number of morpholine rings is 1. The molecule has 0 unspecified atom stereocenters. The van der Waals surface area contributed by atoms with E-state index in [2.05, 4.69) is 17.4 Å². The number of nitrogens with one attached hydrogen (secondary N) is 1. The van der Waals surface area contributed by atoms with Gasteiger partial charge in [0.05, 0.1) is 13.2 Å². The Bertz CT molecular complexity index is 309. The molecule has 0 amide bonds. The van der Waals surface area contributed by atoms with Gasteiger partial charge in [0, 0.05) is 25.9 Å². The average molecular weight is 249 g/mol. The summed E-state index contributed by atoms with van der Waals surface area (Å²) in [6.45, 7) is 5.74. The van der Waals surface area contributed by atoms with Crippen LogP contribution in [0.2, 0.25) is 0 Å². The minimum Gasteiger partial charge on any atom is -0.379 e. The number of benzene rings is 1. The van der Waals surface area contributed by atoms with Gasteiger partial charge in [-0.1, -0.05) is 37.3 Å². The maximum Gasteiger partial charge on any atom is 0.132 e. The second-order valence-corrected chi connectivity index (χ2v) is 4.24. The average Bonchev–Trinajstić information content (AvgIpc) is 2.48. The molecule has 1 aliphatic rings. The van der Waals surface area contributed by atoms with E-state index in [4.69, 9.17) is 4.74 Å². The molecule has 2 rings (SSSR count). The number of carbonyl (C=O) groups is 1. The first kappa shape index (κ1) is 14.9. The molecule has 1 aromatic rings. The van der Waals surface area contributed by atoms with Crippen LogP contribution in [-0.4, -0.2) is 32.1 Å². The van der Waals surface area contributed by atoms with Crippen molar-refractivity contribution in [3.05, 3.63) is 35.9 Å². The number of aryl methyl sites for hydroxylation is 1. The Morgan fingerprint density at radius 1 is 1.22 bits per heavy atom. The lowest BCUT2D eigenvalue weighted by atomic mass is 10.1. The summed E-state index contributed by atoms with van der Waals surface area (Å²) in [4.78, 5) is 11.0. The highest BCUT2D eigenvalue weighted by atomic mass is 16.5. The molecule has 1 heterocycles. The fraction of sp³-hybridized carbons (Fsp3) is 0.533. The Hall–Kier alpha value is -1.19. The maximum atomic E-state index is 11.0. The molecule has 0 radical (unpaired) electrons. The molecule has 0 aromatic heterocycles. The molecule has 1 N–H and O–H groups in total. The zero-order valence-electron chi connectivity index (χ0n) is 11.2. The zero-order chi connectivity index (χ0) is 13.1. The fourth-order valence-electron chi connectivity index (χ4n) is 1.62. The van der Waals surface area contributed by atoms with Gasteiger partial charge in [-0.25, -0.2) is 0 Å². The van der Waals surface area contributed by atoms with Crippen LogP contribution in [0.5, 0.6) is 0 Å². The van der Waals surface area contributed by atoms with Gasteiger partial charge in [-0.15, -0.1) is 0 Å². The quantitative estimate of drug-likeness (QED) is 0.889. The second kappa shape index (κ2) is 9.80. The van der Waals surface area contributed by atoms with Gasteiger partial charge in [-0.05, 0) is 12.0 Å². The molecule has 3 nitrogen and oxygen atoms in total. The number of carbonyl (C=O) groups excluding carboxylic acids is 1. The van der Waals surface area contributed by atoms with E-state index in [0.717, 1.165) is 32.7 Å². The van der Waals surface area contributed by atoms with Crippen LogP contribution >= 0.6 is 0 Å². The molecular weight excluding hydrogens is 226 g/mol. The number of hydrogen-bond donors (Lipinski definition) is 1. The monoisotopic (exact) mass is 249 g/mol. The van der Waals surface area contributed by atoms with Crippen LogP contribution in [0.3, 0.4) is 0 Å². The van der Waals surface area contributed by atoms with Crippen molar-refractivity contribution >= 4 is 5.78 Å². The van der Waals surface area contributed by atoms with Crippen molar-refractivity contribution < 1.29 is 9.53 Å². The smallest absolute Gasteiger partial charge is 0.132 e. The third-order valence-electron chi connectivity index (χ3n) is 2.78. The molecule has 18 heavy (non-hydrogen) atoms. The standard InChI is InChI=1S/C11H14O.C4H9NO/c1-2-11(12)9-8-10-6-4-3-5-7-10;1-3-6-4-2-5-1/h3-7H,2,8-9H2,1H3;5H,1-4H2. The van der Waals surface area contributed by atoms with Gasteiger partial charge in [0.1, 0.15) is 5.78 Å². The van der Waals surface area contributed by atoms with Gasteiger partial charge in [0.25, 0.3) is 0 Å². The first-order valence-electron chi connectivity index (χ1n) is 6.67. The highest BCUT2D eigenvalue weighted by Gasteiger charge is 1.98. The van der Waals surface area contributed by atoms with Gasteiger partial charge in [-0.2, -0.15) is 0 Å². The summed E-state index contributed by atoms with van der Waals surface area (Å²) < 4.78 is 5.01. The predicted octanol–water partition coefficient (Wildman–Crippen LogP) is 2.20. The highest BCUT2D eigenvalue weighted by molar-refractivity contribution is 5.78. The molecule has 0 bridgehead atoms. The summed E-state index contributed by atoms with van der Waals surface area (Å²) in [5, 5.41) is 3.16. The second-order valence-electron chi connectivity index (χ2n) is 4.24. The Morgan fingerprint density at radius 3 is 2.33 bits per heavy atom. The number of hydrogen-bond acceptors (Lipinski definition) is 3. The third kappa shape index (κ3) is 7.20. The molecule has 0 aliphatic carbocycles. The lowest BCUT2D eigenvalue weighted by molar-refractivity contribution is -0.118. The molecule has 3 heteroatoms. The molecule has 1 aliphatic heterocycles. The number of ketones is 1. The van der Waals surface area contributed by atoms with Crippen molar-refractivity contribution in [2.75, 3.05) is 26.3 Å². The highest BCUT2D eigenvalue weighted by Crippen LogP contribution is 2.03. The van der Waals surface area contributed by atoms with Crippen LogP contribution < -0.4 is 5.32 Å².